The van der Waals surface area contributed by atoms with Gasteiger partial charge < -0.3 is 16.2 Å². The minimum Gasteiger partial charge on any atom is -0.480 e. The number of hydrogen-bond acceptors (Lipinski definition) is 3. The molecule has 5 nitrogen and oxygen atoms in total. The molecule has 16 heavy (non-hydrogen) atoms. The molecular formula is C11H22N2O3. The molecule has 0 radical (unpaired) electrons. The maximum absolute atomic E-state index is 11.5. The Hall–Kier alpha value is -1.10. The molecule has 0 aromatic heterocycles. The van der Waals surface area contributed by atoms with Crippen molar-refractivity contribution < 1.29 is 14.7 Å². The van der Waals surface area contributed by atoms with Gasteiger partial charge in [0.2, 0.25) is 5.91 Å². The fourth-order valence-electron chi connectivity index (χ4n) is 1.31. The predicted molar refractivity (Wildman–Crippen MR) is 61.9 cm³/mol. The Balaban J connectivity index is 4.21. The van der Waals surface area contributed by atoms with Gasteiger partial charge in [0, 0.05) is 6.42 Å². The maximum atomic E-state index is 11.5. The van der Waals surface area contributed by atoms with Crippen LogP contribution in [0.2, 0.25) is 0 Å². The Kier molecular flexibility index (Phi) is 6.03. The molecule has 0 aliphatic carbocycles. The van der Waals surface area contributed by atoms with Crippen molar-refractivity contribution >= 4 is 11.9 Å². The van der Waals surface area contributed by atoms with Crippen LogP contribution >= 0.6 is 0 Å². The summed E-state index contributed by atoms with van der Waals surface area (Å²) in [5.41, 5.74) is 4.82. The van der Waals surface area contributed by atoms with Gasteiger partial charge in [-0.15, -0.1) is 0 Å². The molecule has 1 amide bonds. The third kappa shape index (κ3) is 5.70. The second-order valence-electron chi connectivity index (χ2n) is 4.95. The quantitative estimate of drug-likeness (QED) is 0.586. The molecule has 0 bridgehead atoms. The smallest absolute Gasteiger partial charge is 0.326 e. The van der Waals surface area contributed by atoms with Gasteiger partial charge >= 0.3 is 5.97 Å². The largest absolute Gasteiger partial charge is 0.480 e. The molecule has 0 aliphatic rings. The molecule has 0 saturated carbocycles. The normalized spacial score (nSPS) is 13.2. The van der Waals surface area contributed by atoms with Crippen molar-refractivity contribution in [1.29, 1.82) is 0 Å². The first-order chi connectivity index (χ1) is 7.29. The highest BCUT2D eigenvalue weighted by Gasteiger charge is 2.32. The summed E-state index contributed by atoms with van der Waals surface area (Å²) >= 11 is 0. The maximum Gasteiger partial charge on any atom is 0.326 e. The second kappa shape index (κ2) is 6.48. The lowest BCUT2D eigenvalue weighted by molar-refractivity contribution is -0.144. The fraction of sp³-hybridized carbons (Fsp3) is 0.818. The Morgan fingerprint density at radius 1 is 1.31 bits per heavy atom. The highest BCUT2D eigenvalue weighted by molar-refractivity contribution is 5.84. The van der Waals surface area contributed by atoms with Gasteiger partial charge in [-0.25, -0.2) is 4.79 Å². The molecule has 4 N–H and O–H groups in total. The van der Waals surface area contributed by atoms with Crippen LogP contribution in [-0.2, 0) is 9.59 Å². The molecule has 0 aliphatic heterocycles. The summed E-state index contributed by atoms with van der Waals surface area (Å²) in [6, 6.07) is -0.849. The third-order valence-corrected chi connectivity index (χ3v) is 2.28. The van der Waals surface area contributed by atoms with Crippen LogP contribution in [0.3, 0.4) is 0 Å². The zero-order valence-corrected chi connectivity index (χ0v) is 10.2. The minimum absolute atomic E-state index is 0.226. The van der Waals surface area contributed by atoms with Crippen molar-refractivity contribution in [2.75, 3.05) is 6.54 Å². The molecular weight excluding hydrogens is 208 g/mol. The number of unbranched alkanes of at least 4 members (excludes halogenated alkanes) is 1. The SMILES string of the molecule is CC(C)(C)C(NC(=O)CCCCN)C(=O)O. The zero-order valence-electron chi connectivity index (χ0n) is 10.2. The van der Waals surface area contributed by atoms with E-state index in [0.29, 0.717) is 19.4 Å². The number of nitrogens with two attached hydrogens (primary N) is 1. The minimum atomic E-state index is -1.00. The first-order valence-corrected chi connectivity index (χ1v) is 5.51. The monoisotopic (exact) mass is 230 g/mol. The molecule has 0 aromatic rings. The van der Waals surface area contributed by atoms with Crippen LogP contribution in [0.5, 0.6) is 0 Å². The average molecular weight is 230 g/mol. The van der Waals surface area contributed by atoms with E-state index >= 15 is 0 Å². The van der Waals surface area contributed by atoms with Gasteiger partial charge in [0.15, 0.2) is 0 Å². The van der Waals surface area contributed by atoms with Crippen LogP contribution in [-0.4, -0.2) is 29.6 Å². The van der Waals surface area contributed by atoms with Gasteiger partial charge in [-0.05, 0) is 24.8 Å². The number of hydrogen-bond donors (Lipinski definition) is 3. The Morgan fingerprint density at radius 3 is 2.25 bits per heavy atom. The molecule has 94 valence electrons. The van der Waals surface area contributed by atoms with E-state index in [1.807, 2.05) is 0 Å². The molecule has 0 heterocycles. The van der Waals surface area contributed by atoms with Crippen LogP contribution in [0, 0.1) is 5.41 Å². The van der Waals surface area contributed by atoms with Gasteiger partial charge in [-0.2, -0.15) is 0 Å². The van der Waals surface area contributed by atoms with E-state index in [0.717, 1.165) is 6.42 Å². The lowest BCUT2D eigenvalue weighted by atomic mass is 9.86. The number of carbonyl (C=O) groups excluding carboxylic acids is 1. The van der Waals surface area contributed by atoms with Crippen LogP contribution in [0.15, 0.2) is 0 Å². The summed E-state index contributed by atoms with van der Waals surface area (Å²) < 4.78 is 0. The van der Waals surface area contributed by atoms with E-state index in [4.69, 9.17) is 10.8 Å². The highest BCUT2D eigenvalue weighted by Crippen LogP contribution is 2.19. The van der Waals surface area contributed by atoms with E-state index in [2.05, 4.69) is 5.32 Å². The van der Waals surface area contributed by atoms with Gasteiger partial charge in [0.1, 0.15) is 6.04 Å². The molecule has 0 fully saturated rings. The van der Waals surface area contributed by atoms with Crippen LogP contribution in [0.4, 0.5) is 0 Å². The lowest BCUT2D eigenvalue weighted by Crippen LogP contribution is -2.49. The number of aliphatic carboxylic acids is 1. The van der Waals surface area contributed by atoms with Gasteiger partial charge in [0.25, 0.3) is 0 Å². The van der Waals surface area contributed by atoms with Crippen LogP contribution in [0.25, 0.3) is 0 Å². The summed E-state index contributed by atoms with van der Waals surface area (Å²) in [6.07, 6.45) is 1.80. The van der Waals surface area contributed by atoms with E-state index in [9.17, 15) is 9.59 Å². The van der Waals surface area contributed by atoms with Gasteiger partial charge in [-0.3, -0.25) is 4.79 Å². The zero-order chi connectivity index (χ0) is 12.8. The summed E-state index contributed by atoms with van der Waals surface area (Å²) in [6.45, 7) is 5.90. The van der Waals surface area contributed by atoms with E-state index < -0.39 is 17.4 Å². The van der Waals surface area contributed by atoms with Crippen LogP contribution < -0.4 is 11.1 Å². The number of rotatable bonds is 6. The molecule has 0 rings (SSSR count). The standard InChI is InChI=1S/C11H22N2O3/c1-11(2,3)9(10(15)16)13-8(14)6-4-5-7-12/h9H,4-7,12H2,1-3H3,(H,13,14)(H,15,16). The summed E-state index contributed by atoms with van der Waals surface area (Å²) in [5, 5.41) is 11.5. The fourth-order valence-corrected chi connectivity index (χ4v) is 1.31. The molecule has 1 atom stereocenters. The number of carboxylic acid groups (broad SMARTS) is 1. The molecule has 5 heteroatoms. The number of carboxylic acids is 1. The van der Waals surface area contributed by atoms with Crippen molar-refractivity contribution in [3.8, 4) is 0 Å². The summed E-state index contributed by atoms with van der Waals surface area (Å²) in [5.74, 6) is -1.23. The summed E-state index contributed by atoms with van der Waals surface area (Å²) in [4.78, 5) is 22.4. The molecule has 1 unspecified atom stereocenters. The second-order valence-corrected chi connectivity index (χ2v) is 4.95. The van der Waals surface area contributed by atoms with Crippen molar-refractivity contribution in [2.45, 2.75) is 46.1 Å². The topological polar surface area (TPSA) is 92.4 Å². The van der Waals surface area contributed by atoms with Crippen molar-refractivity contribution in [3.63, 3.8) is 0 Å². The van der Waals surface area contributed by atoms with Crippen molar-refractivity contribution in [3.05, 3.63) is 0 Å². The highest BCUT2D eigenvalue weighted by atomic mass is 16.4. The number of nitrogens with one attached hydrogen (secondary N) is 1. The average Bonchev–Trinajstić information content (AvgIpc) is 2.12. The van der Waals surface area contributed by atoms with Crippen molar-refractivity contribution in [2.24, 2.45) is 11.1 Å². The molecule has 0 saturated heterocycles. The third-order valence-electron chi connectivity index (χ3n) is 2.28. The van der Waals surface area contributed by atoms with E-state index in [1.165, 1.54) is 0 Å². The van der Waals surface area contributed by atoms with E-state index in [1.54, 1.807) is 20.8 Å². The summed E-state index contributed by atoms with van der Waals surface area (Å²) in [7, 11) is 0. The van der Waals surface area contributed by atoms with Gasteiger partial charge in [-0.1, -0.05) is 20.8 Å². The Morgan fingerprint density at radius 2 is 1.88 bits per heavy atom. The number of carbonyl (C=O) groups is 2. The number of amides is 1. The first-order valence-electron chi connectivity index (χ1n) is 5.51. The first kappa shape index (κ1) is 14.9. The lowest BCUT2D eigenvalue weighted by Gasteiger charge is -2.27. The molecule has 0 aromatic carbocycles. The van der Waals surface area contributed by atoms with Crippen molar-refractivity contribution in [1.82, 2.24) is 5.32 Å². The van der Waals surface area contributed by atoms with Crippen LogP contribution in [0.1, 0.15) is 40.0 Å². The molecule has 0 spiro atoms. The Labute approximate surface area is 96.4 Å². The Bertz CT molecular complexity index is 246. The van der Waals surface area contributed by atoms with Gasteiger partial charge in [0.05, 0.1) is 0 Å². The predicted octanol–water partition coefficient (Wildman–Crippen LogP) is 0.731. The van der Waals surface area contributed by atoms with E-state index in [-0.39, 0.29) is 5.91 Å².